The Morgan fingerprint density at radius 2 is 1.08 bits per heavy atom. The predicted molar refractivity (Wildman–Crippen MR) is 212 cm³/mol. The van der Waals surface area contributed by atoms with Crippen LogP contribution in [-0.4, -0.2) is 4.57 Å². The largest absolute Gasteiger partial charge is 0.310 e. The van der Waals surface area contributed by atoms with Crippen molar-refractivity contribution in [1.29, 1.82) is 0 Å². The fourth-order valence-electron chi connectivity index (χ4n) is 7.59. The zero-order valence-corrected chi connectivity index (χ0v) is 27.8. The molecule has 0 bridgehead atoms. The molecule has 2 nitrogen and oxygen atoms in total. The second-order valence-corrected chi connectivity index (χ2v) is 12.9. The molecule has 2 heteroatoms. The Bertz CT molecular complexity index is 2460. The molecular formula is C48H36N2. The van der Waals surface area contributed by atoms with Gasteiger partial charge in [-0.25, -0.2) is 0 Å². The van der Waals surface area contributed by atoms with Gasteiger partial charge >= 0.3 is 0 Å². The molecule has 238 valence electrons. The highest BCUT2D eigenvalue weighted by molar-refractivity contribution is 6.02. The summed E-state index contributed by atoms with van der Waals surface area (Å²) in [7, 11) is 0. The van der Waals surface area contributed by atoms with Crippen LogP contribution in [0.25, 0.3) is 56.0 Å². The molecule has 0 radical (unpaired) electrons. The van der Waals surface area contributed by atoms with Crippen LogP contribution in [-0.2, 0) is 6.42 Å². The Balaban J connectivity index is 1.23. The molecule has 0 saturated heterocycles. The normalized spacial score (nSPS) is 12.2. The van der Waals surface area contributed by atoms with E-state index in [2.05, 4.69) is 204 Å². The second kappa shape index (κ2) is 12.9. The molecule has 0 aliphatic heterocycles. The van der Waals surface area contributed by atoms with Crippen LogP contribution < -0.4 is 4.90 Å². The van der Waals surface area contributed by atoms with Crippen molar-refractivity contribution in [2.45, 2.75) is 12.8 Å². The lowest BCUT2D eigenvalue weighted by atomic mass is 9.94. The minimum Gasteiger partial charge on any atom is -0.310 e. The third-order valence-corrected chi connectivity index (χ3v) is 9.86. The van der Waals surface area contributed by atoms with E-state index in [9.17, 15) is 0 Å². The van der Waals surface area contributed by atoms with Gasteiger partial charge in [0.2, 0.25) is 0 Å². The van der Waals surface area contributed by atoms with Gasteiger partial charge in [-0.2, -0.15) is 0 Å². The van der Waals surface area contributed by atoms with Crippen LogP contribution in [0.1, 0.15) is 17.7 Å². The fourth-order valence-corrected chi connectivity index (χ4v) is 7.59. The number of aromatic nitrogens is 1. The van der Waals surface area contributed by atoms with Gasteiger partial charge in [0, 0.05) is 33.7 Å². The SMILES string of the molecule is C1=Cc2c(c3c(-c4cccc(N(c5ccc(-c6ccccc6)cc5)c5ccccc5-c5ccccc5)c4)cccc3n2-c2ccccc2)CC1. The average Bonchev–Trinajstić information content (AvgIpc) is 3.54. The van der Waals surface area contributed by atoms with Gasteiger partial charge in [-0.05, 0) is 101 Å². The third kappa shape index (κ3) is 5.32. The van der Waals surface area contributed by atoms with Crippen molar-refractivity contribution in [3.05, 3.63) is 199 Å². The Kier molecular flexibility index (Phi) is 7.68. The molecule has 0 spiro atoms. The zero-order valence-electron chi connectivity index (χ0n) is 27.8. The van der Waals surface area contributed by atoms with Crippen molar-refractivity contribution < 1.29 is 0 Å². The Labute approximate surface area is 293 Å². The number of para-hydroxylation sites is 2. The van der Waals surface area contributed by atoms with Crippen molar-refractivity contribution >= 4 is 34.0 Å². The molecule has 0 saturated carbocycles. The maximum Gasteiger partial charge on any atom is 0.0543 e. The number of rotatable bonds is 7. The van der Waals surface area contributed by atoms with Crippen molar-refractivity contribution in [1.82, 2.24) is 4.57 Å². The monoisotopic (exact) mass is 640 g/mol. The summed E-state index contributed by atoms with van der Waals surface area (Å²) in [4.78, 5) is 2.41. The number of hydrogen-bond donors (Lipinski definition) is 0. The lowest BCUT2D eigenvalue weighted by Gasteiger charge is -2.28. The molecule has 0 fully saturated rings. The first-order valence-corrected chi connectivity index (χ1v) is 17.4. The minimum absolute atomic E-state index is 1.03. The summed E-state index contributed by atoms with van der Waals surface area (Å²) in [6.07, 6.45) is 6.71. The lowest BCUT2D eigenvalue weighted by molar-refractivity contribution is 0.968. The number of allylic oxidation sites excluding steroid dienone is 1. The maximum absolute atomic E-state index is 2.43. The van der Waals surface area contributed by atoms with Gasteiger partial charge in [0.1, 0.15) is 0 Å². The van der Waals surface area contributed by atoms with Crippen LogP contribution in [0.3, 0.4) is 0 Å². The number of fused-ring (bicyclic) bond motifs is 3. The van der Waals surface area contributed by atoms with Gasteiger partial charge < -0.3 is 9.47 Å². The van der Waals surface area contributed by atoms with Crippen molar-refractivity contribution in [2.24, 2.45) is 0 Å². The van der Waals surface area contributed by atoms with Gasteiger partial charge in [-0.3, -0.25) is 0 Å². The lowest BCUT2D eigenvalue weighted by Crippen LogP contribution is -2.11. The van der Waals surface area contributed by atoms with E-state index in [4.69, 9.17) is 0 Å². The average molecular weight is 641 g/mol. The molecule has 0 atom stereocenters. The molecular weight excluding hydrogens is 605 g/mol. The van der Waals surface area contributed by atoms with E-state index in [0.29, 0.717) is 0 Å². The molecule has 1 heterocycles. The topological polar surface area (TPSA) is 8.17 Å². The van der Waals surface area contributed by atoms with Crippen LogP contribution in [0, 0.1) is 0 Å². The first kappa shape index (κ1) is 29.7. The van der Waals surface area contributed by atoms with Gasteiger partial charge in [0.15, 0.2) is 0 Å². The van der Waals surface area contributed by atoms with Gasteiger partial charge in [0.05, 0.1) is 11.2 Å². The molecule has 7 aromatic carbocycles. The first-order chi connectivity index (χ1) is 24.8. The number of anilines is 3. The van der Waals surface area contributed by atoms with E-state index >= 15 is 0 Å². The molecule has 0 N–H and O–H groups in total. The Hall–Kier alpha value is -6.38. The predicted octanol–water partition coefficient (Wildman–Crippen LogP) is 13.1. The highest BCUT2D eigenvalue weighted by atomic mass is 15.1. The summed E-state index contributed by atoms with van der Waals surface area (Å²) >= 11 is 0. The highest BCUT2D eigenvalue weighted by Crippen LogP contribution is 2.44. The number of nitrogens with zero attached hydrogens (tertiary/aromatic N) is 2. The van der Waals surface area contributed by atoms with E-state index in [1.54, 1.807) is 0 Å². The third-order valence-electron chi connectivity index (χ3n) is 9.86. The fraction of sp³-hybridized carbons (Fsp3) is 0.0417. The summed E-state index contributed by atoms with van der Waals surface area (Å²) in [5.41, 5.74) is 15.8. The zero-order chi connectivity index (χ0) is 33.3. The maximum atomic E-state index is 2.43. The van der Waals surface area contributed by atoms with E-state index in [1.807, 2.05) is 0 Å². The number of benzene rings is 7. The molecule has 0 amide bonds. The Morgan fingerprint density at radius 3 is 1.86 bits per heavy atom. The van der Waals surface area contributed by atoms with E-state index < -0.39 is 0 Å². The summed E-state index contributed by atoms with van der Waals surface area (Å²) in [6, 6.07) is 65.6. The van der Waals surface area contributed by atoms with Gasteiger partial charge in [-0.15, -0.1) is 0 Å². The molecule has 50 heavy (non-hydrogen) atoms. The summed E-state index contributed by atoms with van der Waals surface area (Å²) < 4.78 is 2.43. The van der Waals surface area contributed by atoms with Crippen molar-refractivity contribution in [2.75, 3.05) is 4.90 Å². The van der Waals surface area contributed by atoms with E-state index in [1.165, 1.54) is 61.2 Å². The standard InChI is InChI=1S/C48H36N2/c1-4-16-35(17-5-1)36-30-32-40(33-31-36)49(45-27-12-10-24-42(45)37-18-6-2-7-19-37)41-23-14-20-38(34-41)43-26-15-29-47-48(43)44-25-11-13-28-46(44)50(47)39-21-8-3-9-22-39/h1-10,12-24,26-34H,11,25H2. The highest BCUT2D eigenvalue weighted by Gasteiger charge is 2.22. The van der Waals surface area contributed by atoms with Crippen LogP contribution in [0.15, 0.2) is 188 Å². The van der Waals surface area contributed by atoms with E-state index in [-0.39, 0.29) is 0 Å². The van der Waals surface area contributed by atoms with Crippen LogP contribution in [0.2, 0.25) is 0 Å². The van der Waals surface area contributed by atoms with Crippen LogP contribution >= 0.6 is 0 Å². The smallest absolute Gasteiger partial charge is 0.0543 e. The first-order valence-electron chi connectivity index (χ1n) is 17.4. The number of hydrogen-bond acceptors (Lipinski definition) is 1. The van der Waals surface area contributed by atoms with Crippen molar-refractivity contribution in [3.63, 3.8) is 0 Å². The summed E-state index contributed by atoms with van der Waals surface area (Å²) in [5, 5.41) is 1.34. The number of aryl methyl sites for hydroxylation is 1. The van der Waals surface area contributed by atoms with Gasteiger partial charge in [0.25, 0.3) is 0 Å². The molecule has 0 unspecified atom stereocenters. The van der Waals surface area contributed by atoms with Crippen LogP contribution in [0.5, 0.6) is 0 Å². The molecule has 9 rings (SSSR count). The van der Waals surface area contributed by atoms with Gasteiger partial charge in [-0.1, -0.05) is 140 Å². The quantitative estimate of drug-likeness (QED) is 0.168. The van der Waals surface area contributed by atoms with E-state index in [0.717, 1.165) is 29.9 Å². The Morgan fingerprint density at radius 1 is 0.460 bits per heavy atom. The molecule has 8 aromatic rings. The molecule has 1 aliphatic carbocycles. The molecule has 1 aromatic heterocycles. The molecule has 1 aliphatic rings. The summed E-state index contributed by atoms with van der Waals surface area (Å²) in [6.45, 7) is 0. The second-order valence-electron chi connectivity index (χ2n) is 12.9. The van der Waals surface area contributed by atoms with Crippen LogP contribution in [0.4, 0.5) is 17.1 Å². The summed E-state index contributed by atoms with van der Waals surface area (Å²) in [5.74, 6) is 0. The minimum atomic E-state index is 1.03. The van der Waals surface area contributed by atoms with Crippen molar-refractivity contribution in [3.8, 4) is 39.1 Å².